The monoisotopic (exact) mass is 383 g/mol. The lowest BCUT2D eigenvalue weighted by molar-refractivity contribution is -0.128. The summed E-state index contributed by atoms with van der Waals surface area (Å²) in [6, 6.07) is 13.2. The van der Waals surface area contributed by atoms with E-state index >= 15 is 0 Å². The smallest absolute Gasteiger partial charge is 0.267 e. The molecule has 0 aromatic heterocycles. The summed E-state index contributed by atoms with van der Waals surface area (Å²) < 4.78 is 26.5. The number of anilines is 1. The average Bonchev–Trinajstić information content (AvgIpc) is 3.05. The summed E-state index contributed by atoms with van der Waals surface area (Å²) in [7, 11) is -4.12. The van der Waals surface area contributed by atoms with E-state index in [0.717, 1.165) is 5.56 Å². The molecule has 0 unspecified atom stereocenters. The van der Waals surface area contributed by atoms with Gasteiger partial charge in [0.15, 0.2) is 0 Å². The van der Waals surface area contributed by atoms with Crippen LogP contribution >= 0.6 is 0 Å². The second-order valence-corrected chi connectivity index (χ2v) is 8.06. The number of sulfonamides is 1. The lowest BCUT2D eigenvalue weighted by atomic mass is 10.2. The van der Waals surface area contributed by atoms with Crippen LogP contribution in [0, 0.1) is 18.3 Å². The number of nitrogens with zero attached hydrogens (tertiary/aromatic N) is 2. The number of rotatable bonds is 4. The molecule has 8 heteroatoms. The third-order valence-electron chi connectivity index (χ3n) is 4.32. The van der Waals surface area contributed by atoms with E-state index in [2.05, 4.69) is 5.32 Å². The Morgan fingerprint density at radius 2 is 1.78 bits per heavy atom. The van der Waals surface area contributed by atoms with Gasteiger partial charge in [-0.25, -0.2) is 12.7 Å². The number of hydrogen-bond acceptors (Lipinski definition) is 5. The van der Waals surface area contributed by atoms with Crippen LogP contribution in [0.3, 0.4) is 0 Å². The van der Waals surface area contributed by atoms with E-state index < -0.39 is 27.9 Å². The summed E-state index contributed by atoms with van der Waals surface area (Å²) in [6.45, 7) is 1.82. The molecule has 0 bridgehead atoms. The maximum Gasteiger partial charge on any atom is 0.267 e. The molecule has 1 heterocycles. The Morgan fingerprint density at radius 3 is 2.37 bits per heavy atom. The molecule has 1 aliphatic rings. The molecule has 2 aromatic carbocycles. The van der Waals surface area contributed by atoms with E-state index in [4.69, 9.17) is 5.26 Å². The maximum absolute atomic E-state index is 12.9. The number of benzene rings is 2. The van der Waals surface area contributed by atoms with Gasteiger partial charge in [-0.15, -0.1) is 0 Å². The number of hydrogen-bond donors (Lipinski definition) is 1. The van der Waals surface area contributed by atoms with Crippen LogP contribution in [0.4, 0.5) is 5.69 Å². The standard InChI is InChI=1S/C19H17N3O4S/c1-13-2-8-16(9-3-13)27(25,26)22-17(10-11-18(22)23)19(24)21-15-6-4-14(12-20)5-7-15/h2-9,17H,10-11H2,1H3,(H,21,24)/t17-/m1/s1. The van der Waals surface area contributed by atoms with Gasteiger partial charge in [0.1, 0.15) is 6.04 Å². The van der Waals surface area contributed by atoms with Crippen molar-refractivity contribution in [1.82, 2.24) is 4.31 Å². The summed E-state index contributed by atoms with van der Waals surface area (Å²) in [5.74, 6) is -1.18. The minimum Gasteiger partial charge on any atom is -0.324 e. The van der Waals surface area contributed by atoms with Crippen molar-refractivity contribution in [3.05, 3.63) is 59.7 Å². The molecule has 0 spiro atoms. The molecule has 1 atom stereocenters. The van der Waals surface area contributed by atoms with E-state index in [1.807, 2.05) is 13.0 Å². The first-order valence-electron chi connectivity index (χ1n) is 8.28. The molecule has 0 aliphatic carbocycles. The molecule has 138 valence electrons. The summed E-state index contributed by atoms with van der Waals surface area (Å²) in [4.78, 5) is 24.8. The van der Waals surface area contributed by atoms with Gasteiger partial charge in [-0.05, 0) is 49.7 Å². The van der Waals surface area contributed by atoms with Crippen molar-refractivity contribution in [2.24, 2.45) is 0 Å². The molecule has 1 N–H and O–H groups in total. The summed E-state index contributed by atoms with van der Waals surface area (Å²) >= 11 is 0. The Hall–Kier alpha value is -3.18. The Bertz CT molecular complexity index is 1020. The van der Waals surface area contributed by atoms with Gasteiger partial charge in [-0.2, -0.15) is 5.26 Å². The van der Waals surface area contributed by atoms with Crippen LogP contribution < -0.4 is 5.32 Å². The van der Waals surface area contributed by atoms with Gasteiger partial charge < -0.3 is 5.32 Å². The highest BCUT2D eigenvalue weighted by Gasteiger charge is 2.44. The quantitative estimate of drug-likeness (QED) is 0.871. The Labute approximate surface area is 157 Å². The topological polar surface area (TPSA) is 107 Å². The van der Waals surface area contributed by atoms with Crippen LogP contribution in [-0.4, -0.2) is 30.6 Å². The highest BCUT2D eigenvalue weighted by Crippen LogP contribution is 2.28. The Balaban J connectivity index is 1.85. The fourth-order valence-electron chi connectivity index (χ4n) is 2.88. The third kappa shape index (κ3) is 3.68. The molecular formula is C19H17N3O4S. The highest BCUT2D eigenvalue weighted by atomic mass is 32.2. The van der Waals surface area contributed by atoms with Crippen LogP contribution in [-0.2, 0) is 19.6 Å². The SMILES string of the molecule is Cc1ccc(S(=O)(=O)N2C(=O)CC[C@@H]2C(=O)Nc2ccc(C#N)cc2)cc1. The van der Waals surface area contributed by atoms with Crippen LogP contribution in [0.25, 0.3) is 0 Å². The maximum atomic E-state index is 12.9. The minimum atomic E-state index is -4.12. The van der Waals surface area contributed by atoms with E-state index in [1.165, 1.54) is 24.3 Å². The number of nitriles is 1. The molecule has 1 saturated heterocycles. The molecule has 3 rings (SSSR count). The van der Waals surface area contributed by atoms with Crippen molar-refractivity contribution in [3.63, 3.8) is 0 Å². The first-order chi connectivity index (χ1) is 12.8. The second kappa shape index (κ2) is 7.21. The summed E-state index contributed by atoms with van der Waals surface area (Å²) in [5, 5.41) is 11.4. The molecule has 0 radical (unpaired) electrons. The fourth-order valence-corrected chi connectivity index (χ4v) is 4.48. The Kier molecular flexibility index (Phi) is 4.97. The molecular weight excluding hydrogens is 366 g/mol. The van der Waals surface area contributed by atoms with E-state index in [1.54, 1.807) is 24.3 Å². The van der Waals surface area contributed by atoms with E-state index in [0.29, 0.717) is 15.6 Å². The number of carbonyl (C=O) groups excluding carboxylic acids is 2. The van der Waals surface area contributed by atoms with Crippen LogP contribution in [0.5, 0.6) is 0 Å². The van der Waals surface area contributed by atoms with Crippen LogP contribution in [0.15, 0.2) is 53.4 Å². The zero-order valence-electron chi connectivity index (χ0n) is 14.5. The number of carbonyl (C=O) groups is 2. The van der Waals surface area contributed by atoms with Gasteiger partial charge >= 0.3 is 0 Å². The van der Waals surface area contributed by atoms with Crippen molar-refractivity contribution in [2.75, 3.05) is 5.32 Å². The minimum absolute atomic E-state index is 0.0173. The van der Waals surface area contributed by atoms with Crippen molar-refractivity contribution in [2.45, 2.75) is 30.7 Å². The van der Waals surface area contributed by atoms with E-state index in [-0.39, 0.29) is 17.7 Å². The van der Waals surface area contributed by atoms with Gasteiger partial charge in [0, 0.05) is 12.1 Å². The zero-order valence-corrected chi connectivity index (χ0v) is 15.4. The van der Waals surface area contributed by atoms with Gasteiger partial charge in [0.05, 0.1) is 16.5 Å². The van der Waals surface area contributed by atoms with Crippen LogP contribution in [0.1, 0.15) is 24.0 Å². The average molecular weight is 383 g/mol. The van der Waals surface area contributed by atoms with E-state index in [9.17, 15) is 18.0 Å². The first kappa shape index (κ1) is 18.6. The number of aryl methyl sites for hydroxylation is 1. The van der Waals surface area contributed by atoms with Gasteiger partial charge in [-0.3, -0.25) is 9.59 Å². The lowest BCUT2D eigenvalue weighted by Crippen LogP contribution is -2.45. The van der Waals surface area contributed by atoms with Crippen molar-refractivity contribution < 1.29 is 18.0 Å². The predicted octanol–water partition coefficient (Wildman–Crippen LogP) is 2.19. The molecule has 1 aliphatic heterocycles. The number of nitrogens with one attached hydrogen (secondary N) is 1. The molecule has 2 aromatic rings. The van der Waals surface area contributed by atoms with Crippen molar-refractivity contribution >= 4 is 27.5 Å². The molecule has 7 nitrogen and oxygen atoms in total. The van der Waals surface area contributed by atoms with Gasteiger partial charge in [0.2, 0.25) is 11.8 Å². The third-order valence-corrected chi connectivity index (χ3v) is 6.17. The molecule has 2 amide bonds. The van der Waals surface area contributed by atoms with Crippen molar-refractivity contribution in [3.8, 4) is 6.07 Å². The van der Waals surface area contributed by atoms with Gasteiger partial charge in [-0.1, -0.05) is 17.7 Å². The molecule has 27 heavy (non-hydrogen) atoms. The second-order valence-electron chi connectivity index (χ2n) is 6.24. The highest BCUT2D eigenvalue weighted by molar-refractivity contribution is 7.89. The lowest BCUT2D eigenvalue weighted by Gasteiger charge is -2.23. The normalized spacial score (nSPS) is 16.8. The first-order valence-corrected chi connectivity index (χ1v) is 9.72. The van der Waals surface area contributed by atoms with Gasteiger partial charge in [0.25, 0.3) is 10.0 Å². The van der Waals surface area contributed by atoms with Crippen LogP contribution in [0.2, 0.25) is 0 Å². The summed E-state index contributed by atoms with van der Waals surface area (Å²) in [5.41, 5.74) is 1.75. The number of amides is 2. The summed E-state index contributed by atoms with van der Waals surface area (Å²) in [6.07, 6.45) is 0.0998. The zero-order chi connectivity index (χ0) is 19.6. The van der Waals surface area contributed by atoms with Crippen molar-refractivity contribution in [1.29, 1.82) is 5.26 Å². The largest absolute Gasteiger partial charge is 0.324 e. The molecule has 1 fully saturated rings. The fraction of sp³-hybridized carbons (Fsp3) is 0.211. The predicted molar refractivity (Wildman–Crippen MR) is 98.0 cm³/mol. The molecule has 0 saturated carbocycles. The Morgan fingerprint density at radius 1 is 1.15 bits per heavy atom.